The van der Waals surface area contributed by atoms with Gasteiger partial charge in [0.2, 0.25) is 0 Å². The number of nitro groups is 2. The van der Waals surface area contributed by atoms with Crippen molar-refractivity contribution < 1.29 is 43.9 Å². The van der Waals surface area contributed by atoms with Crippen molar-refractivity contribution in [1.29, 1.82) is 0 Å². The summed E-state index contributed by atoms with van der Waals surface area (Å²) >= 11 is 0. The third-order valence-electron chi connectivity index (χ3n) is 4.33. The molecule has 0 spiro atoms. The summed E-state index contributed by atoms with van der Waals surface area (Å²) in [4.78, 5) is 42.5. The van der Waals surface area contributed by atoms with Gasteiger partial charge in [-0.3, -0.25) is 20.2 Å². The van der Waals surface area contributed by atoms with Gasteiger partial charge in [0.05, 0.1) is 22.1 Å². The van der Waals surface area contributed by atoms with Crippen molar-refractivity contribution in [2.75, 3.05) is 0 Å². The van der Waals surface area contributed by atoms with E-state index >= 15 is 0 Å². The number of nitrogens with zero attached hydrogens (tertiary/aromatic N) is 2. The number of ether oxygens (including phenoxy) is 3. The van der Waals surface area contributed by atoms with Crippen LogP contribution in [0.1, 0.15) is 25.7 Å². The Bertz CT molecular complexity index is 889. The number of non-ortho nitro benzene ring substituents is 2. The summed E-state index contributed by atoms with van der Waals surface area (Å²) in [5.74, 6) is -0.169. The van der Waals surface area contributed by atoms with E-state index in [1.807, 2.05) is 0 Å². The van der Waals surface area contributed by atoms with Gasteiger partial charge in [-0.25, -0.2) is 9.59 Å². The van der Waals surface area contributed by atoms with Gasteiger partial charge >= 0.3 is 12.3 Å². The first-order valence-corrected chi connectivity index (χ1v) is 9.60. The lowest BCUT2D eigenvalue weighted by molar-refractivity contribution is -0.385. The van der Waals surface area contributed by atoms with Crippen LogP contribution in [0.5, 0.6) is 11.5 Å². The van der Waals surface area contributed by atoms with Gasteiger partial charge in [0.1, 0.15) is 11.5 Å². The largest absolute Gasteiger partial charge is 0.524 e. The second-order valence-corrected chi connectivity index (χ2v) is 6.77. The zero-order valence-corrected chi connectivity index (χ0v) is 17.1. The van der Waals surface area contributed by atoms with Crippen LogP contribution >= 0.6 is 0 Å². The van der Waals surface area contributed by atoms with Crippen molar-refractivity contribution in [3.63, 3.8) is 0 Å². The number of carbonyl (C=O) groups is 2. The van der Waals surface area contributed by atoms with Crippen LogP contribution in [0.15, 0.2) is 48.5 Å². The normalized spacial score (nSPS) is 17.0. The number of hydrogen-bond donors (Lipinski definition) is 2. The van der Waals surface area contributed by atoms with E-state index < -0.39 is 22.2 Å². The fourth-order valence-electron chi connectivity index (χ4n) is 2.63. The second kappa shape index (κ2) is 12.1. The summed E-state index contributed by atoms with van der Waals surface area (Å²) in [7, 11) is 0. The summed E-state index contributed by atoms with van der Waals surface area (Å²) in [6, 6.07) is 8.94. The van der Waals surface area contributed by atoms with Crippen LogP contribution < -0.4 is 9.47 Å². The van der Waals surface area contributed by atoms with Gasteiger partial charge in [-0.15, -0.1) is 0 Å². The monoisotopic (exact) mass is 464 g/mol. The highest BCUT2D eigenvalue weighted by molar-refractivity contribution is 5.79. The third-order valence-corrected chi connectivity index (χ3v) is 4.33. The molecule has 2 aromatic rings. The summed E-state index contributed by atoms with van der Waals surface area (Å²) in [6.07, 6.45) is 0.00308. The lowest BCUT2D eigenvalue weighted by Gasteiger charge is -2.20. The van der Waals surface area contributed by atoms with Gasteiger partial charge in [0, 0.05) is 24.3 Å². The predicted octanol–water partition coefficient (Wildman–Crippen LogP) is 3.50. The Hall–Kier alpha value is -4.10. The topological polar surface area (TPSA) is 189 Å². The number of aliphatic hydroxyl groups excluding tert-OH is 2. The van der Waals surface area contributed by atoms with Gasteiger partial charge in [0.25, 0.3) is 11.4 Å². The van der Waals surface area contributed by atoms with Gasteiger partial charge < -0.3 is 24.4 Å². The molecule has 0 radical (unpaired) electrons. The summed E-state index contributed by atoms with van der Waals surface area (Å²) in [5, 5.41) is 38.8. The number of aliphatic hydroxyl groups is 2. The third kappa shape index (κ3) is 8.88. The maximum Gasteiger partial charge on any atom is 0.524 e. The van der Waals surface area contributed by atoms with Crippen molar-refractivity contribution >= 4 is 23.7 Å². The zero-order chi connectivity index (χ0) is 24.4. The summed E-state index contributed by atoms with van der Waals surface area (Å²) in [6.45, 7) is 0. The summed E-state index contributed by atoms with van der Waals surface area (Å²) in [5.41, 5.74) is -0.420. The molecule has 1 aliphatic rings. The van der Waals surface area contributed by atoms with E-state index in [0.29, 0.717) is 0 Å². The molecule has 2 aromatic carbocycles. The Labute approximate surface area is 186 Å². The fourth-order valence-corrected chi connectivity index (χ4v) is 2.63. The molecule has 0 atom stereocenters. The number of hydrogen-bond acceptors (Lipinski definition) is 11. The minimum Gasteiger partial charge on any atom is -0.395 e. The number of rotatable bonds is 4. The number of benzene rings is 2. The molecule has 1 fully saturated rings. The molecule has 0 heterocycles. The molecule has 0 saturated heterocycles. The Morgan fingerprint density at radius 1 is 0.697 bits per heavy atom. The Morgan fingerprint density at radius 2 is 1.00 bits per heavy atom. The van der Waals surface area contributed by atoms with Gasteiger partial charge in [-0.2, -0.15) is 0 Å². The van der Waals surface area contributed by atoms with Crippen LogP contribution in [0.25, 0.3) is 0 Å². The number of carbonyl (C=O) groups excluding carboxylic acids is 2. The Morgan fingerprint density at radius 3 is 1.27 bits per heavy atom. The van der Waals surface area contributed by atoms with Gasteiger partial charge in [-0.05, 0) is 49.9 Å². The van der Waals surface area contributed by atoms with Crippen molar-refractivity contribution in [2.24, 2.45) is 0 Å². The van der Waals surface area contributed by atoms with E-state index in [1.54, 1.807) is 0 Å². The Kier molecular flexibility index (Phi) is 9.20. The lowest BCUT2D eigenvalue weighted by atomic mass is 9.95. The molecule has 13 nitrogen and oxygen atoms in total. The van der Waals surface area contributed by atoms with E-state index in [2.05, 4.69) is 14.2 Å². The summed E-state index contributed by atoms with van der Waals surface area (Å²) < 4.78 is 13.5. The molecule has 0 amide bonds. The predicted molar refractivity (Wildman–Crippen MR) is 110 cm³/mol. The fraction of sp³-hybridized carbons (Fsp3) is 0.300. The van der Waals surface area contributed by atoms with Crippen LogP contribution in [0, 0.1) is 20.2 Å². The maximum absolute atomic E-state index is 11.4. The zero-order valence-electron chi connectivity index (χ0n) is 17.1. The van der Waals surface area contributed by atoms with Crippen molar-refractivity contribution in [3.8, 4) is 11.5 Å². The van der Waals surface area contributed by atoms with Crippen molar-refractivity contribution in [3.05, 3.63) is 68.8 Å². The quantitative estimate of drug-likeness (QED) is 0.221. The molecule has 176 valence electrons. The molecule has 0 bridgehead atoms. The van der Waals surface area contributed by atoms with Crippen LogP contribution in [-0.4, -0.2) is 44.6 Å². The van der Waals surface area contributed by atoms with Gasteiger partial charge in [-0.1, -0.05) is 0 Å². The minimum atomic E-state index is -1.42. The van der Waals surface area contributed by atoms with E-state index in [0.717, 1.165) is 74.2 Å². The highest BCUT2D eigenvalue weighted by atomic mass is 16.8. The Balaban J connectivity index is 0.000000405. The van der Waals surface area contributed by atoms with E-state index in [4.69, 9.17) is 10.2 Å². The number of nitro benzene ring substituents is 2. The molecule has 3 rings (SSSR count). The molecular weight excluding hydrogens is 444 g/mol. The van der Waals surface area contributed by atoms with Crippen molar-refractivity contribution in [2.45, 2.75) is 37.9 Å². The average Bonchev–Trinajstić information content (AvgIpc) is 2.77. The highest BCUT2D eigenvalue weighted by Crippen LogP contribution is 2.20. The van der Waals surface area contributed by atoms with E-state index in [-0.39, 0.29) is 35.1 Å². The smallest absolute Gasteiger partial charge is 0.395 e. The van der Waals surface area contributed by atoms with Crippen LogP contribution in [-0.2, 0) is 4.74 Å². The van der Waals surface area contributed by atoms with E-state index in [9.17, 15) is 29.8 Å². The molecular formula is C20H20N2O11. The second-order valence-electron chi connectivity index (χ2n) is 6.77. The van der Waals surface area contributed by atoms with E-state index in [1.165, 1.54) is 0 Å². The molecule has 33 heavy (non-hydrogen) atoms. The maximum atomic E-state index is 11.4. The first-order chi connectivity index (χ1) is 15.6. The van der Waals surface area contributed by atoms with Crippen LogP contribution in [0.2, 0.25) is 0 Å². The van der Waals surface area contributed by atoms with Gasteiger partial charge in [0.15, 0.2) is 0 Å². The molecule has 0 unspecified atom stereocenters. The first kappa shape index (κ1) is 25.2. The molecule has 0 aliphatic heterocycles. The van der Waals surface area contributed by atoms with Crippen LogP contribution in [0.3, 0.4) is 0 Å². The molecule has 1 saturated carbocycles. The SMILES string of the molecule is O=C(OC(=O)Oc1ccc([N+](=O)[O-])cc1)Oc1ccc([N+](=O)[O-])cc1.OC1CCC(O)CC1. The first-order valence-electron chi connectivity index (χ1n) is 9.60. The standard InChI is InChI=1S/C14H8N2O9.C6H12O2/c17-13(23-11-5-1-9(2-6-11)15(19)20)25-14(18)24-12-7-3-10(4-8-12)16(21)22;7-5-1-2-6(8)4-3-5/h1-8H;5-8H,1-4H2. The van der Waals surface area contributed by atoms with Crippen LogP contribution in [0.4, 0.5) is 21.0 Å². The van der Waals surface area contributed by atoms with Crippen molar-refractivity contribution in [1.82, 2.24) is 0 Å². The molecule has 2 N–H and O–H groups in total. The lowest BCUT2D eigenvalue weighted by Crippen LogP contribution is -2.21. The average molecular weight is 464 g/mol. The highest BCUT2D eigenvalue weighted by Gasteiger charge is 2.17. The molecule has 1 aliphatic carbocycles. The molecule has 13 heteroatoms. The minimum absolute atomic E-state index is 0.0845. The molecule has 0 aromatic heterocycles.